The highest BCUT2D eigenvalue weighted by atomic mass is 127. The molecule has 3 heterocycles. The van der Waals surface area contributed by atoms with Crippen LogP contribution in [0.3, 0.4) is 0 Å². The van der Waals surface area contributed by atoms with Gasteiger partial charge in [-0.2, -0.15) is 0 Å². The molecule has 0 fully saturated rings. The summed E-state index contributed by atoms with van der Waals surface area (Å²) in [5, 5.41) is 8.89. The summed E-state index contributed by atoms with van der Waals surface area (Å²) in [6, 6.07) is 8.41. The molecule has 26 heavy (non-hydrogen) atoms. The maximum absolute atomic E-state index is 4.71. The molecular formula is C19H26IN5S. The predicted molar refractivity (Wildman–Crippen MR) is 121 cm³/mol. The van der Waals surface area contributed by atoms with Crippen molar-refractivity contribution >= 4 is 46.9 Å². The molecule has 0 saturated carbocycles. The smallest absolute Gasteiger partial charge is 0.191 e. The van der Waals surface area contributed by atoms with E-state index < -0.39 is 0 Å². The van der Waals surface area contributed by atoms with Gasteiger partial charge < -0.3 is 15.0 Å². The molecule has 0 aliphatic rings. The van der Waals surface area contributed by atoms with Gasteiger partial charge in [0.2, 0.25) is 0 Å². The Kier molecular flexibility index (Phi) is 7.89. The van der Waals surface area contributed by atoms with Crippen molar-refractivity contribution in [1.29, 1.82) is 0 Å². The number of thiophene rings is 1. The molecule has 0 saturated heterocycles. The minimum absolute atomic E-state index is 0. The molecule has 0 aliphatic heterocycles. The molecule has 3 aromatic rings. The number of rotatable bonds is 6. The molecule has 2 N–H and O–H groups in total. The molecule has 0 aliphatic carbocycles. The van der Waals surface area contributed by atoms with Gasteiger partial charge in [-0.1, -0.05) is 19.1 Å². The molecule has 1 unspecified atom stereocenters. The van der Waals surface area contributed by atoms with Crippen LogP contribution in [0.15, 0.2) is 47.0 Å². The predicted octanol–water partition coefficient (Wildman–Crippen LogP) is 3.83. The van der Waals surface area contributed by atoms with E-state index in [0.29, 0.717) is 5.92 Å². The van der Waals surface area contributed by atoms with E-state index in [1.807, 2.05) is 12.3 Å². The highest BCUT2D eigenvalue weighted by molar-refractivity contribution is 14.0. The summed E-state index contributed by atoms with van der Waals surface area (Å²) in [6.07, 6.45) is 5.00. The van der Waals surface area contributed by atoms with Gasteiger partial charge in [-0.05, 0) is 30.0 Å². The third kappa shape index (κ3) is 5.20. The third-order valence-corrected chi connectivity index (χ3v) is 5.33. The summed E-state index contributed by atoms with van der Waals surface area (Å²) >= 11 is 1.80. The fourth-order valence-electron chi connectivity index (χ4n) is 2.78. The van der Waals surface area contributed by atoms with Crippen molar-refractivity contribution in [2.24, 2.45) is 4.99 Å². The summed E-state index contributed by atoms with van der Waals surface area (Å²) in [4.78, 5) is 10.4. The molecule has 0 radical (unpaired) electrons. The molecule has 0 aromatic carbocycles. The second kappa shape index (κ2) is 9.91. The van der Waals surface area contributed by atoms with Crippen molar-refractivity contribution < 1.29 is 0 Å². The number of aliphatic imine (C=N–C) groups is 1. The Morgan fingerprint density at radius 2 is 2.15 bits per heavy atom. The van der Waals surface area contributed by atoms with Crippen LogP contribution in [0.25, 0.3) is 5.65 Å². The number of hydrogen-bond donors (Lipinski definition) is 2. The Morgan fingerprint density at radius 3 is 2.85 bits per heavy atom. The molecule has 5 nitrogen and oxygen atoms in total. The van der Waals surface area contributed by atoms with Gasteiger partial charge in [-0.3, -0.25) is 4.99 Å². The number of guanidine groups is 1. The summed E-state index contributed by atoms with van der Waals surface area (Å²) in [5.74, 6) is 1.31. The molecule has 0 bridgehead atoms. The SMILES string of the molecule is CN=C(NCCc1cn2cccc(C)c2n1)NCC(C)c1cccs1.I. The van der Waals surface area contributed by atoms with E-state index in [9.17, 15) is 0 Å². The summed E-state index contributed by atoms with van der Waals surface area (Å²) in [7, 11) is 1.80. The summed E-state index contributed by atoms with van der Waals surface area (Å²) < 4.78 is 2.08. The first-order chi connectivity index (χ1) is 12.2. The lowest BCUT2D eigenvalue weighted by atomic mass is 10.1. The first kappa shape index (κ1) is 20.7. The first-order valence-corrected chi connectivity index (χ1v) is 9.46. The minimum Gasteiger partial charge on any atom is -0.356 e. The van der Waals surface area contributed by atoms with Gasteiger partial charge >= 0.3 is 0 Å². The fraction of sp³-hybridized carbons (Fsp3) is 0.368. The zero-order valence-electron chi connectivity index (χ0n) is 15.4. The maximum atomic E-state index is 4.71. The van der Waals surface area contributed by atoms with Crippen molar-refractivity contribution in [2.75, 3.05) is 20.1 Å². The summed E-state index contributed by atoms with van der Waals surface area (Å²) in [6.45, 7) is 5.99. The Hall–Kier alpha value is -1.61. The number of imidazole rings is 1. The largest absolute Gasteiger partial charge is 0.356 e. The molecule has 0 amide bonds. The molecule has 0 spiro atoms. The number of aryl methyl sites for hydroxylation is 1. The Labute approximate surface area is 176 Å². The lowest BCUT2D eigenvalue weighted by molar-refractivity contribution is 0.706. The highest BCUT2D eigenvalue weighted by Crippen LogP contribution is 2.19. The monoisotopic (exact) mass is 483 g/mol. The van der Waals surface area contributed by atoms with Gasteiger partial charge in [0.25, 0.3) is 0 Å². The number of fused-ring (bicyclic) bond motifs is 1. The van der Waals surface area contributed by atoms with Crippen LogP contribution < -0.4 is 10.6 Å². The van der Waals surface area contributed by atoms with Crippen molar-refractivity contribution in [3.05, 3.63) is 58.2 Å². The minimum atomic E-state index is 0. The van der Waals surface area contributed by atoms with Crippen molar-refractivity contribution in [1.82, 2.24) is 20.0 Å². The number of nitrogens with one attached hydrogen (secondary N) is 2. The van der Waals surface area contributed by atoms with E-state index in [-0.39, 0.29) is 24.0 Å². The zero-order valence-corrected chi connectivity index (χ0v) is 18.5. The third-order valence-electron chi connectivity index (χ3n) is 4.23. The van der Waals surface area contributed by atoms with Crippen molar-refractivity contribution in [3.8, 4) is 0 Å². The van der Waals surface area contributed by atoms with Crippen LogP contribution in [0, 0.1) is 6.92 Å². The van der Waals surface area contributed by atoms with E-state index in [4.69, 9.17) is 4.98 Å². The van der Waals surface area contributed by atoms with Crippen LogP contribution >= 0.6 is 35.3 Å². The van der Waals surface area contributed by atoms with Gasteiger partial charge in [0.05, 0.1) is 5.69 Å². The van der Waals surface area contributed by atoms with E-state index >= 15 is 0 Å². The molecule has 3 aromatic heterocycles. The Balaban J connectivity index is 0.00000243. The molecule has 7 heteroatoms. The zero-order chi connectivity index (χ0) is 17.6. The van der Waals surface area contributed by atoms with Crippen molar-refractivity contribution in [2.45, 2.75) is 26.2 Å². The van der Waals surface area contributed by atoms with Crippen LogP contribution in [0.2, 0.25) is 0 Å². The Bertz CT molecular complexity index is 841. The van der Waals surface area contributed by atoms with Crippen LogP contribution in [0.5, 0.6) is 0 Å². The van der Waals surface area contributed by atoms with E-state index in [1.54, 1.807) is 18.4 Å². The lowest BCUT2D eigenvalue weighted by Gasteiger charge is -2.15. The van der Waals surface area contributed by atoms with Gasteiger partial charge in [0.15, 0.2) is 5.96 Å². The van der Waals surface area contributed by atoms with E-state index in [0.717, 1.165) is 36.8 Å². The lowest BCUT2D eigenvalue weighted by Crippen LogP contribution is -2.39. The number of aromatic nitrogens is 2. The first-order valence-electron chi connectivity index (χ1n) is 8.58. The standard InChI is InChI=1S/C19H25N5S.HI/c1-14-6-4-10-24-13-16(23-18(14)24)8-9-21-19(20-3)22-12-15(2)17-7-5-11-25-17;/h4-7,10-11,13,15H,8-9,12H2,1-3H3,(H2,20,21,22);1H. The highest BCUT2D eigenvalue weighted by Gasteiger charge is 2.08. The second-order valence-corrected chi connectivity index (χ2v) is 7.18. The Morgan fingerprint density at radius 1 is 1.31 bits per heavy atom. The summed E-state index contributed by atoms with van der Waals surface area (Å²) in [5.41, 5.74) is 3.32. The quantitative estimate of drug-likeness (QED) is 0.318. The second-order valence-electron chi connectivity index (χ2n) is 6.20. The maximum Gasteiger partial charge on any atom is 0.191 e. The average molecular weight is 483 g/mol. The number of hydrogen-bond acceptors (Lipinski definition) is 3. The van der Waals surface area contributed by atoms with E-state index in [2.05, 4.69) is 63.7 Å². The normalized spacial score (nSPS) is 12.7. The van der Waals surface area contributed by atoms with Gasteiger partial charge in [-0.15, -0.1) is 35.3 Å². The van der Waals surface area contributed by atoms with Crippen LogP contribution in [0.4, 0.5) is 0 Å². The number of halogens is 1. The molecule has 140 valence electrons. The molecular weight excluding hydrogens is 457 g/mol. The average Bonchev–Trinajstić information content (AvgIpc) is 3.27. The van der Waals surface area contributed by atoms with Crippen LogP contribution in [-0.4, -0.2) is 35.5 Å². The fourth-order valence-corrected chi connectivity index (χ4v) is 3.56. The number of pyridine rings is 1. The van der Waals surface area contributed by atoms with Gasteiger partial charge in [0.1, 0.15) is 5.65 Å². The van der Waals surface area contributed by atoms with Crippen LogP contribution in [-0.2, 0) is 6.42 Å². The molecule has 1 atom stereocenters. The van der Waals surface area contributed by atoms with Gasteiger partial charge in [0, 0.05) is 49.7 Å². The number of nitrogens with zero attached hydrogens (tertiary/aromatic N) is 3. The van der Waals surface area contributed by atoms with Gasteiger partial charge in [-0.25, -0.2) is 4.98 Å². The van der Waals surface area contributed by atoms with Crippen LogP contribution in [0.1, 0.15) is 29.0 Å². The topological polar surface area (TPSA) is 53.7 Å². The molecule has 3 rings (SSSR count). The van der Waals surface area contributed by atoms with E-state index in [1.165, 1.54) is 10.4 Å². The van der Waals surface area contributed by atoms with Crippen molar-refractivity contribution in [3.63, 3.8) is 0 Å².